The molecule has 0 aliphatic rings. The Balaban J connectivity index is 4.30. The first kappa shape index (κ1) is 10.1. The van der Waals surface area contributed by atoms with E-state index in [2.05, 4.69) is 4.99 Å². The number of carbonyl (C=O) groups is 1. The zero-order valence-corrected chi connectivity index (χ0v) is 7.02. The van der Waals surface area contributed by atoms with Gasteiger partial charge in [-0.2, -0.15) is 4.99 Å². The summed E-state index contributed by atoms with van der Waals surface area (Å²) in [6.07, 6.45) is 0.460. The van der Waals surface area contributed by atoms with Crippen LogP contribution < -0.4 is 5.73 Å². The van der Waals surface area contributed by atoms with Gasteiger partial charge in [-0.05, 0) is 13.8 Å². The Hall–Kier alpha value is -0.930. The lowest BCUT2D eigenvalue weighted by atomic mass is 10.1. The maximum Gasteiger partial charge on any atom is 0.284 e. The van der Waals surface area contributed by atoms with Crippen LogP contribution in [0.1, 0.15) is 27.2 Å². The Morgan fingerprint density at radius 1 is 1.64 bits per heavy atom. The molecule has 0 aromatic heterocycles. The van der Waals surface area contributed by atoms with Crippen LogP contribution in [0.15, 0.2) is 4.99 Å². The van der Waals surface area contributed by atoms with Crippen LogP contribution in [0.4, 0.5) is 4.39 Å². The van der Waals surface area contributed by atoms with Gasteiger partial charge in [-0.25, -0.2) is 4.39 Å². The van der Waals surface area contributed by atoms with Crippen LogP contribution in [0.5, 0.6) is 0 Å². The van der Waals surface area contributed by atoms with E-state index < -0.39 is 11.6 Å². The lowest BCUT2D eigenvalue weighted by molar-refractivity contribution is -0.127. The van der Waals surface area contributed by atoms with Crippen molar-refractivity contribution < 1.29 is 9.18 Å². The van der Waals surface area contributed by atoms with Crippen molar-refractivity contribution in [3.05, 3.63) is 0 Å². The summed E-state index contributed by atoms with van der Waals surface area (Å²) < 4.78 is 12.8. The van der Waals surface area contributed by atoms with E-state index >= 15 is 0 Å². The van der Waals surface area contributed by atoms with Gasteiger partial charge in [0.1, 0.15) is 5.84 Å². The minimum Gasteiger partial charge on any atom is -0.387 e. The van der Waals surface area contributed by atoms with Crippen molar-refractivity contribution in [2.45, 2.75) is 32.9 Å². The summed E-state index contributed by atoms with van der Waals surface area (Å²) in [5, 5.41) is 0. The van der Waals surface area contributed by atoms with Gasteiger partial charge in [-0.3, -0.25) is 4.79 Å². The number of hydrogen-bond acceptors (Lipinski definition) is 1. The number of aliphatic imine (C=N–C) groups is 1. The number of amides is 1. The largest absolute Gasteiger partial charge is 0.387 e. The number of nitrogens with zero attached hydrogens (tertiary/aromatic N) is 1. The van der Waals surface area contributed by atoms with Gasteiger partial charge < -0.3 is 5.73 Å². The van der Waals surface area contributed by atoms with E-state index in [0.29, 0.717) is 6.42 Å². The van der Waals surface area contributed by atoms with E-state index in [1.165, 1.54) is 0 Å². The molecule has 0 spiro atoms. The molecule has 0 radical (unpaired) electrons. The van der Waals surface area contributed by atoms with E-state index in [1.54, 1.807) is 6.92 Å². The quantitative estimate of drug-likeness (QED) is 0.484. The normalized spacial score (nSPS) is 13.3. The zero-order chi connectivity index (χ0) is 9.07. The molecule has 4 heteroatoms. The molecule has 0 aliphatic carbocycles. The number of nitrogens with two attached hydrogens (primary N) is 1. The van der Waals surface area contributed by atoms with Gasteiger partial charge in [0, 0.05) is 6.42 Å². The van der Waals surface area contributed by atoms with Crippen molar-refractivity contribution >= 4 is 11.7 Å². The predicted molar refractivity (Wildman–Crippen MR) is 42.1 cm³/mol. The summed E-state index contributed by atoms with van der Waals surface area (Å²) in [5.74, 6) is -0.655. The molecule has 0 fully saturated rings. The van der Waals surface area contributed by atoms with E-state index in [4.69, 9.17) is 5.73 Å². The smallest absolute Gasteiger partial charge is 0.284 e. The molecule has 3 nitrogen and oxygen atoms in total. The summed E-state index contributed by atoms with van der Waals surface area (Å²) >= 11 is 0. The van der Waals surface area contributed by atoms with Crippen LogP contribution in [0.2, 0.25) is 0 Å². The van der Waals surface area contributed by atoms with Crippen LogP contribution in [0, 0.1) is 0 Å². The molecular weight excluding hydrogens is 147 g/mol. The summed E-state index contributed by atoms with van der Waals surface area (Å²) in [6.45, 7) is 4.06. The van der Waals surface area contributed by atoms with Gasteiger partial charge in [0.25, 0.3) is 5.91 Å². The van der Waals surface area contributed by atoms with E-state index in [0.717, 1.165) is 13.8 Å². The van der Waals surface area contributed by atoms with Crippen LogP contribution >= 0.6 is 0 Å². The highest BCUT2D eigenvalue weighted by Gasteiger charge is 2.25. The number of halogens is 1. The molecule has 11 heavy (non-hydrogen) atoms. The average molecular weight is 160 g/mol. The Labute approximate surface area is 65.5 Å². The standard InChI is InChI=1S/C7H13FN2O/c1-4-5(9)10-6(11)7(2,3)8/h4H2,1-3H3,(H2,9,10,11). The van der Waals surface area contributed by atoms with Gasteiger partial charge in [0.2, 0.25) is 0 Å². The number of hydrogen-bond donors (Lipinski definition) is 1. The minimum atomic E-state index is -1.92. The molecule has 2 N–H and O–H groups in total. The summed E-state index contributed by atoms with van der Waals surface area (Å²) in [4.78, 5) is 14.1. The second kappa shape index (κ2) is 3.46. The molecule has 64 valence electrons. The molecule has 0 atom stereocenters. The Bertz CT molecular complexity index is 181. The minimum absolute atomic E-state index is 0.167. The number of rotatable bonds is 2. The SMILES string of the molecule is CCC(N)=NC(=O)C(C)(C)F. The van der Waals surface area contributed by atoms with Crippen LogP contribution in [0.3, 0.4) is 0 Å². The molecule has 0 bridgehead atoms. The highest BCUT2D eigenvalue weighted by Crippen LogP contribution is 2.09. The van der Waals surface area contributed by atoms with Crippen molar-refractivity contribution in [1.82, 2.24) is 0 Å². The Morgan fingerprint density at radius 2 is 2.09 bits per heavy atom. The maximum atomic E-state index is 12.8. The first-order valence-corrected chi connectivity index (χ1v) is 3.44. The number of carbonyl (C=O) groups excluding carboxylic acids is 1. The number of amidine groups is 1. The fourth-order valence-corrected chi connectivity index (χ4v) is 0.342. The van der Waals surface area contributed by atoms with Crippen molar-refractivity contribution in [2.24, 2.45) is 10.7 Å². The molecule has 0 rings (SSSR count). The van der Waals surface area contributed by atoms with Crippen molar-refractivity contribution in [3.8, 4) is 0 Å². The Morgan fingerprint density at radius 3 is 2.36 bits per heavy atom. The van der Waals surface area contributed by atoms with Gasteiger partial charge >= 0.3 is 0 Å². The molecular formula is C7H13FN2O. The first-order valence-electron chi connectivity index (χ1n) is 3.44. The third-order valence-corrected chi connectivity index (χ3v) is 1.12. The van der Waals surface area contributed by atoms with E-state index in [1.807, 2.05) is 0 Å². The van der Waals surface area contributed by atoms with Crippen LogP contribution in [0.25, 0.3) is 0 Å². The van der Waals surface area contributed by atoms with E-state index in [-0.39, 0.29) is 5.84 Å². The third kappa shape index (κ3) is 3.70. The molecule has 0 aromatic rings. The van der Waals surface area contributed by atoms with Gasteiger partial charge in [-0.1, -0.05) is 6.92 Å². The molecule has 0 aliphatic heterocycles. The van der Waals surface area contributed by atoms with Gasteiger partial charge in [0.15, 0.2) is 5.67 Å². The molecule has 1 amide bonds. The third-order valence-electron chi connectivity index (χ3n) is 1.12. The van der Waals surface area contributed by atoms with Crippen LogP contribution in [-0.4, -0.2) is 17.4 Å². The molecule has 0 heterocycles. The predicted octanol–water partition coefficient (Wildman–Crippen LogP) is 1.03. The van der Waals surface area contributed by atoms with Crippen molar-refractivity contribution in [2.75, 3.05) is 0 Å². The molecule has 0 saturated carbocycles. The zero-order valence-electron chi connectivity index (χ0n) is 7.02. The molecule has 0 saturated heterocycles. The lowest BCUT2D eigenvalue weighted by Gasteiger charge is -2.07. The van der Waals surface area contributed by atoms with Crippen molar-refractivity contribution in [3.63, 3.8) is 0 Å². The highest BCUT2D eigenvalue weighted by atomic mass is 19.1. The Kier molecular flexibility index (Phi) is 3.17. The average Bonchev–Trinajstić information content (AvgIpc) is 1.85. The summed E-state index contributed by atoms with van der Waals surface area (Å²) in [7, 11) is 0. The number of alkyl halides is 1. The van der Waals surface area contributed by atoms with Crippen LogP contribution in [-0.2, 0) is 4.79 Å². The van der Waals surface area contributed by atoms with E-state index in [9.17, 15) is 9.18 Å². The topological polar surface area (TPSA) is 55.4 Å². The maximum absolute atomic E-state index is 12.8. The second-order valence-corrected chi connectivity index (χ2v) is 2.73. The lowest BCUT2D eigenvalue weighted by Crippen LogP contribution is -2.26. The monoisotopic (exact) mass is 160 g/mol. The highest BCUT2D eigenvalue weighted by molar-refractivity contribution is 5.96. The molecule has 0 aromatic carbocycles. The second-order valence-electron chi connectivity index (χ2n) is 2.73. The van der Waals surface area contributed by atoms with Crippen molar-refractivity contribution in [1.29, 1.82) is 0 Å². The first-order chi connectivity index (χ1) is 4.88. The summed E-state index contributed by atoms with van der Waals surface area (Å²) in [6, 6.07) is 0. The van der Waals surface area contributed by atoms with Gasteiger partial charge in [0.05, 0.1) is 0 Å². The fourth-order valence-electron chi connectivity index (χ4n) is 0.342. The molecule has 0 unspecified atom stereocenters. The van der Waals surface area contributed by atoms with Gasteiger partial charge in [-0.15, -0.1) is 0 Å². The summed E-state index contributed by atoms with van der Waals surface area (Å²) in [5.41, 5.74) is 3.32. The fraction of sp³-hybridized carbons (Fsp3) is 0.714.